The summed E-state index contributed by atoms with van der Waals surface area (Å²) in [6.45, 7) is 7.12. The van der Waals surface area contributed by atoms with E-state index >= 15 is 0 Å². The van der Waals surface area contributed by atoms with Crippen LogP contribution in [0.2, 0.25) is 0 Å². The Bertz CT molecular complexity index is 1140. The minimum atomic E-state index is -0.655. The molecule has 1 atom stereocenters. The topological polar surface area (TPSA) is 100 Å². The molecule has 0 bridgehead atoms. The van der Waals surface area contributed by atoms with Crippen molar-refractivity contribution in [3.8, 4) is 11.5 Å². The number of halogens is 1. The van der Waals surface area contributed by atoms with Gasteiger partial charge in [0.05, 0.1) is 11.2 Å². The zero-order valence-electron chi connectivity index (χ0n) is 18.6. The van der Waals surface area contributed by atoms with Crippen molar-refractivity contribution in [2.24, 2.45) is 5.73 Å². The molecule has 0 aliphatic rings. The second-order valence-corrected chi connectivity index (χ2v) is 10.1. The van der Waals surface area contributed by atoms with Crippen LogP contribution in [0.25, 0.3) is 11.5 Å². The van der Waals surface area contributed by atoms with Gasteiger partial charge in [-0.1, -0.05) is 29.8 Å². The van der Waals surface area contributed by atoms with E-state index in [4.69, 9.17) is 15.5 Å². The first-order valence-electron chi connectivity index (χ1n) is 10.3. The van der Waals surface area contributed by atoms with E-state index in [1.807, 2.05) is 31.2 Å². The van der Waals surface area contributed by atoms with E-state index in [0.29, 0.717) is 34.5 Å². The smallest absolute Gasteiger partial charge is 0.326 e. The van der Waals surface area contributed by atoms with Crippen molar-refractivity contribution in [1.29, 1.82) is 0 Å². The molecule has 32 heavy (non-hydrogen) atoms. The van der Waals surface area contributed by atoms with Crippen LogP contribution in [0, 0.1) is 6.92 Å². The van der Waals surface area contributed by atoms with Crippen LogP contribution in [0.3, 0.4) is 0 Å². The summed E-state index contributed by atoms with van der Waals surface area (Å²) in [6.07, 6.45) is 1.11. The molecule has 0 amide bonds. The molecule has 2 heterocycles. The summed E-state index contributed by atoms with van der Waals surface area (Å²) >= 11 is 4.78. The standard InChI is InChI=1S/C23H27BrN4O3S/c1-14-5-7-15(8-6-14)16(25)9-10-17-20(24)22(30)28(11-19(29)31-23(2,3)4)21(27-17)18-12-32-13-26-18/h5-8,12-13,16H,9-11,25H2,1-4H3/t16-/m0/s1. The van der Waals surface area contributed by atoms with Gasteiger partial charge in [-0.2, -0.15) is 0 Å². The van der Waals surface area contributed by atoms with Crippen LogP contribution in [-0.2, 0) is 22.5 Å². The summed E-state index contributed by atoms with van der Waals surface area (Å²) in [5.74, 6) is -0.178. The van der Waals surface area contributed by atoms with Crippen LogP contribution in [0.4, 0.5) is 0 Å². The van der Waals surface area contributed by atoms with Gasteiger partial charge < -0.3 is 10.5 Å². The van der Waals surface area contributed by atoms with Crippen LogP contribution in [0.15, 0.2) is 44.4 Å². The molecule has 2 N–H and O–H groups in total. The number of esters is 1. The molecule has 9 heteroatoms. The molecule has 1 aromatic carbocycles. The molecule has 0 spiro atoms. The largest absolute Gasteiger partial charge is 0.459 e. The Kier molecular flexibility index (Phi) is 7.63. The van der Waals surface area contributed by atoms with Crippen molar-refractivity contribution < 1.29 is 9.53 Å². The molecule has 2 aromatic heterocycles. The minimum Gasteiger partial charge on any atom is -0.459 e. The maximum atomic E-state index is 13.2. The number of hydrogen-bond acceptors (Lipinski definition) is 7. The molecule has 0 saturated carbocycles. The highest BCUT2D eigenvalue weighted by Crippen LogP contribution is 2.23. The zero-order chi connectivity index (χ0) is 23.5. The first kappa shape index (κ1) is 24.3. The first-order valence-corrected chi connectivity index (χ1v) is 12.0. The van der Waals surface area contributed by atoms with Gasteiger partial charge >= 0.3 is 5.97 Å². The highest BCUT2D eigenvalue weighted by Gasteiger charge is 2.23. The van der Waals surface area contributed by atoms with Gasteiger partial charge in [0, 0.05) is 11.4 Å². The van der Waals surface area contributed by atoms with Crippen molar-refractivity contribution in [2.75, 3.05) is 0 Å². The Labute approximate surface area is 199 Å². The van der Waals surface area contributed by atoms with E-state index in [-0.39, 0.29) is 18.1 Å². The Morgan fingerprint density at radius 2 is 1.97 bits per heavy atom. The average Bonchev–Trinajstić information content (AvgIpc) is 3.24. The lowest BCUT2D eigenvalue weighted by molar-refractivity contribution is -0.155. The molecule has 3 rings (SSSR count). The van der Waals surface area contributed by atoms with Gasteiger partial charge in [0.1, 0.15) is 22.3 Å². The molecule has 0 fully saturated rings. The maximum Gasteiger partial charge on any atom is 0.326 e. The highest BCUT2D eigenvalue weighted by molar-refractivity contribution is 9.10. The van der Waals surface area contributed by atoms with Gasteiger partial charge in [-0.25, -0.2) is 9.97 Å². The third-order valence-corrected chi connectivity index (χ3v) is 6.13. The minimum absolute atomic E-state index is 0.184. The van der Waals surface area contributed by atoms with Crippen molar-refractivity contribution in [2.45, 2.75) is 58.7 Å². The molecular weight excluding hydrogens is 492 g/mol. The number of aryl methyl sites for hydroxylation is 2. The number of carbonyl (C=O) groups excluding carboxylic acids is 1. The molecule has 7 nitrogen and oxygen atoms in total. The van der Waals surface area contributed by atoms with Gasteiger partial charge in [-0.05, 0) is 62.0 Å². The SMILES string of the molecule is Cc1ccc([C@@H](N)CCc2nc(-c3cscn3)n(CC(=O)OC(C)(C)C)c(=O)c2Br)cc1. The molecule has 0 radical (unpaired) electrons. The van der Waals surface area contributed by atoms with E-state index in [9.17, 15) is 9.59 Å². The average molecular weight is 519 g/mol. The van der Waals surface area contributed by atoms with Crippen molar-refractivity contribution in [3.05, 3.63) is 66.8 Å². The number of nitrogens with zero attached hydrogens (tertiary/aromatic N) is 3. The summed E-state index contributed by atoms with van der Waals surface area (Å²) < 4.78 is 7.02. The quantitative estimate of drug-likeness (QED) is 0.464. The van der Waals surface area contributed by atoms with Crippen LogP contribution < -0.4 is 11.3 Å². The van der Waals surface area contributed by atoms with Gasteiger partial charge in [-0.15, -0.1) is 11.3 Å². The monoisotopic (exact) mass is 518 g/mol. The molecular formula is C23H27BrN4O3S. The second-order valence-electron chi connectivity index (χ2n) is 8.60. The fourth-order valence-electron chi connectivity index (χ4n) is 3.18. The number of nitrogens with two attached hydrogens (primary N) is 1. The molecule has 0 aliphatic carbocycles. The number of ether oxygens (including phenoxy) is 1. The first-order chi connectivity index (χ1) is 15.0. The summed E-state index contributed by atoms with van der Waals surface area (Å²) in [5, 5.41) is 1.79. The van der Waals surface area contributed by atoms with Crippen molar-refractivity contribution in [1.82, 2.24) is 14.5 Å². The highest BCUT2D eigenvalue weighted by atomic mass is 79.9. The van der Waals surface area contributed by atoms with Crippen LogP contribution in [0.5, 0.6) is 0 Å². The fourth-order valence-corrected chi connectivity index (χ4v) is 4.21. The van der Waals surface area contributed by atoms with E-state index in [1.54, 1.807) is 31.7 Å². The fraction of sp³-hybridized carbons (Fsp3) is 0.391. The molecule has 0 unspecified atom stereocenters. The van der Waals surface area contributed by atoms with E-state index in [1.165, 1.54) is 21.5 Å². The summed E-state index contributed by atoms with van der Waals surface area (Å²) in [4.78, 5) is 34.6. The van der Waals surface area contributed by atoms with Crippen LogP contribution >= 0.6 is 27.3 Å². The van der Waals surface area contributed by atoms with Gasteiger partial charge in [0.2, 0.25) is 0 Å². The molecule has 0 saturated heterocycles. The van der Waals surface area contributed by atoms with Crippen LogP contribution in [-0.4, -0.2) is 26.1 Å². The third-order valence-electron chi connectivity index (χ3n) is 4.75. The van der Waals surface area contributed by atoms with E-state index in [2.05, 4.69) is 20.9 Å². The second kappa shape index (κ2) is 10.1. The lowest BCUT2D eigenvalue weighted by atomic mass is 10.0. The third kappa shape index (κ3) is 6.11. The molecule has 0 aliphatic heterocycles. The van der Waals surface area contributed by atoms with Crippen LogP contribution in [0.1, 0.15) is 50.1 Å². The molecule has 170 valence electrons. The molecule has 3 aromatic rings. The number of benzene rings is 1. The van der Waals surface area contributed by atoms with Gasteiger partial charge in [0.25, 0.3) is 5.56 Å². The summed E-state index contributed by atoms with van der Waals surface area (Å²) in [5.41, 5.74) is 10.3. The van der Waals surface area contributed by atoms with E-state index in [0.717, 1.165) is 5.56 Å². The number of thiazole rings is 1. The lowest BCUT2D eigenvalue weighted by Gasteiger charge is -2.21. The van der Waals surface area contributed by atoms with Crippen molar-refractivity contribution >= 4 is 33.2 Å². The van der Waals surface area contributed by atoms with Gasteiger partial charge in [0.15, 0.2) is 5.82 Å². The summed E-state index contributed by atoms with van der Waals surface area (Å²) in [6, 6.07) is 7.91. The zero-order valence-corrected chi connectivity index (χ0v) is 21.0. The number of hydrogen-bond donors (Lipinski definition) is 1. The normalized spacial score (nSPS) is 12.6. The Morgan fingerprint density at radius 1 is 1.28 bits per heavy atom. The number of rotatable bonds is 7. The maximum absolute atomic E-state index is 13.2. The Morgan fingerprint density at radius 3 is 2.56 bits per heavy atom. The van der Waals surface area contributed by atoms with Gasteiger partial charge in [-0.3, -0.25) is 14.2 Å². The number of aromatic nitrogens is 3. The van der Waals surface area contributed by atoms with E-state index < -0.39 is 11.6 Å². The lowest BCUT2D eigenvalue weighted by Crippen LogP contribution is -2.33. The Hall–Kier alpha value is -2.36. The van der Waals surface area contributed by atoms with Crippen molar-refractivity contribution in [3.63, 3.8) is 0 Å². The predicted molar refractivity (Wildman–Crippen MR) is 130 cm³/mol. The summed E-state index contributed by atoms with van der Waals surface area (Å²) in [7, 11) is 0. The number of carbonyl (C=O) groups is 1. The predicted octanol–water partition coefficient (Wildman–Crippen LogP) is 4.41. The Balaban J connectivity index is 1.90.